The van der Waals surface area contributed by atoms with E-state index in [9.17, 15) is 10.1 Å². The minimum atomic E-state index is -0.738. The molecule has 1 atom stereocenters. The van der Waals surface area contributed by atoms with Crippen LogP contribution in [0.25, 0.3) is 22.6 Å². The van der Waals surface area contributed by atoms with Gasteiger partial charge in [-0.25, -0.2) is 0 Å². The van der Waals surface area contributed by atoms with Gasteiger partial charge in [-0.3, -0.25) is 10.1 Å². The van der Waals surface area contributed by atoms with Crippen molar-refractivity contribution in [3.63, 3.8) is 0 Å². The van der Waals surface area contributed by atoms with E-state index in [2.05, 4.69) is 27.1 Å². The van der Waals surface area contributed by atoms with Crippen LogP contribution in [0.3, 0.4) is 0 Å². The van der Waals surface area contributed by atoms with Crippen molar-refractivity contribution in [2.24, 2.45) is 0 Å². The quantitative estimate of drug-likeness (QED) is 0.173. The first-order valence-corrected chi connectivity index (χ1v) is 11.0. The normalized spacial score (nSPS) is 14.2. The van der Waals surface area contributed by atoms with Crippen molar-refractivity contribution in [1.82, 2.24) is 15.2 Å². The van der Waals surface area contributed by atoms with Crippen LogP contribution in [-0.4, -0.2) is 25.9 Å². The molecule has 2 aromatic heterocycles. The molecule has 164 valence electrons. The number of benzene rings is 2. The van der Waals surface area contributed by atoms with Crippen LogP contribution >= 0.6 is 11.8 Å². The van der Waals surface area contributed by atoms with Gasteiger partial charge in [0.25, 0.3) is 5.69 Å². The number of aromatic nitrogens is 3. The van der Waals surface area contributed by atoms with E-state index in [4.69, 9.17) is 9.15 Å². The van der Waals surface area contributed by atoms with Gasteiger partial charge < -0.3 is 14.5 Å². The van der Waals surface area contributed by atoms with E-state index in [1.54, 1.807) is 36.4 Å². The summed E-state index contributed by atoms with van der Waals surface area (Å²) >= 11 is 1.39. The molecular weight excluding hydrogens is 442 g/mol. The van der Waals surface area contributed by atoms with Crippen LogP contribution in [0, 0.1) is 10.1 Å². The Bertz CT molecular complexity index is 1360. The van der Waals surface area contributed by atoms with E-state index in [0.717, 1.165) is 11.3 Å². The highest BCUT2D eigenvalue weighted by Crippen LogP contribution is 2.40. The molecule has 2 aromatic carbocycles. The molecule has 0 aliphatic carbocycles. The minimum absolute atomic E-state index is 0.0374. The Morgan fingerprint density at radius 3 is 2.70 bits per heavy atom. The van der Waals surface area contributed by atoms with Gasteiger partial charge in [0.05, 0.1) is 10.5 Å². The van der Waals surface area contributed by atoms with Crippen molar-refractivity contribution in [3.8, 4) is 28.5 Å². The molecule has 0 radical (unpaired) electrons. The van der Waals surface area contributed by atoms with Crippen molar-refractivity contribution in [2.45, 2.75) is 11.4 Å². The van der Waals surface area contributed by atoms with Crippen LogP contribution in [-0.2, 0) is 0 Å². The van der Waals surface area contributed by atoms with Crippen LogP contribution in [0.2, 0.25) is 0 Å². The Kier molecular flexibility index (Phi) is 5.49. The molecule has 0 saturated heterocycles. The number of para-hydroxylation sites is 2. The lowest BCUT2D eigenvalue weighted by molar-refractivity contribution is -0.384. The second kappa shape index (κ2) is 8.75. The van der Waals surface area contributed by atoms with Crippen molar-refractivity contribution >= 4 is 23.1 Å². The number of nitro benzene ring substituents is 1. The second-order valence-electron chi connectivity index (χ2n) is 7.01. The average Bonchev–Trinajstić information content (AvgIpc) is 3.27. The highest BCUT2D eigenvalue weighted by Gasteiger charge is 2.28. The fourth-order valence-electron chi connectivity index (χ4n) is 3.45. The molecule has 0 spiro atoms. The Hall–Kier alpha value is -4.18. The summed E-state index contributed by atoms with van der Waals surface area (Å²) in [5.74, 6) is 1.74. The zero-order valence-corrected chi connectivity index (χ0v) is 18.0. The zero-order valence-electron chi connectivity index (χ0n) is 17.2. The lowest BCUT2D eigenvalue weighted by Crippen LogP contribution is -2.16. The summed E-state index contributed by atoms with van der Waals surface area (Å²) in [6.45, 7) is 3.71. The number of thioether (sulfide) groups is 1. The number of nitrogens with one attached hydrogen (secondary N) is 1. The number of ether oxygens (including phenoxy) is 1. The van der Waals surface area contributed by atoms with Gasteiger partial charge in [0, 0.05) is 23.1 Å². The van der Waals surface area contributed by atoms with Gasteiger partial charge in [-0.15, -0.1) is 16.8 Å². The number of hydrogen-bond acceptors (Lipinski definition) is 9. The molecule has 10 heteroatoms. The van der Waals surface area contributed by atoms with Crippen LogP contribution in [0.1, 0.15) is 12.0 Å². The Balaban J connectivity index is 1.55. The first-order chi connectivity index (χ1) is 16.1. The predicted molar refractivity (Wildman–Crippen MR) is 124 cm³/mol. The van der Waals surface area contributed by atoms with Crippen LogP contribution in [0.4, 0.5) is 11.4 Å². The van der Waals surface area contributed by atoms with Crippen molar-refractivity contribution < 1.29 is 14.1 Å². The fourth-order valence-corrected chi connectivity index (χ4v) is 3.96. The average molecular weight is 459 g/mol. The van der Waals surface area contributed by atoms with Gasteiger partial charge in [0.2, 0.25) is 17.3 Å². The van der Waals surface area contributed by atoms with E-state index in [1.807, 2.05) is 24.3 Å². The molecule has 0 saturated carbocycles. The highest BCUT2D eigenvalue weighted by atomic mass is 32.2. The molecule has 9 nitrogen and oxygen atoms in total. The molecule has 5 rings (SSSR count). The molecule has 1 aliphatic heterocycles. The van der Waals surface area contributed by atoms with E-state index in [-0.39, 0.29) is 5.69 Å². The molecular formula is C23H17N5O4S. The molecule has 0 fully saturated rings. The number of rotatable bonds is 6. The summed E-state index contributed by atoms with van der Waals surface area (Å²) in [5.41, 5.74) is 2.42. The molecule has 4 aromatic rings. The first kappa shape index (κ1) is 20.7. The summed E-state index contributed by atoms with van der Waals surface area (Å²) < 4.78 is 12.2. The van der Waals surface area contributed by atoms with Crippen LogP contribution in [0.15, 0.2) is 82.9 Å². The van der Waals surface area contributed by atoms with E-state index >= 15 is 0 Å². The van der Waals surface area contributed by atoms with Crippen LogP contribution < -0.4 is 10.1 Å². The summed E-state index contributed by atoms with van der Waals surface area (Å²) in [6.07, 6.45) is 1.02. The number of anilines is 1. The fraction of sp³-hybridized carbons (Fsp3) is 0.0870. The number of nitrogens with zero attached hydrogens (tertiary/aromatic N) is 4. The first-order valence-electron chi connectivity index (χ1n) is 9.98. The number of hydrogen-bond donors (Lipinski definition) is 1. The van der Waals surface area contributed by atoms with Gasteiger partial charge in [0.15, 0.2) is 11.5 Å². The Morgan fingerprint density at radius 1 is 1.09 bits per heavy atom. The van der Waals surface area contributed by atoms with Crippen molar-refractivity contribution in [1.29, 1.82) is 0 Å². The lowest BCUT2D eigenvalue weighted by atomic mass is 10.1. The summed E-state index contributed by atoms with van der Waals surface area (Å²) in [6, 6.07) is 17.4. The van der Waals surface area contributed by atoms with E-state index in [0.29, 0.717) is 39.6 Å². The largest absolute Gasteiger partial charge is 0.455 e. The monoisotopic (exact) mass is 459 g/mol. The summed E-state index contributed by atoms with van der Waals surface area (Å²) in [4.78, 5) is 15.5. The third-order valence-corrected chi connectivity index (χ3v) is 5.75. The molecule has 1 N–H and O–H groups in total. The summed E-state index contributed by atoms with van der Waals surface area (Å²) in [7, 11) is 0. The minimum Gasteiger partial charge on any atom is -0.455 e. The Labute approximate surface area is 192 Å². The lowest BCUT2D eigenvalue weighted by Gasteiger charge is -2.16. The number of nitro groups is 1. The maximum absolute atomic E-state index is 11.4. The molecule has 3 heterocycles. The molecule has 0 amide bonds. The predicted octanol–water partition coefficient (Wildman–Crippen LogP) is 5.49. The van der Waals surface area contributed by atoms with Gasteiger partial charge >= 0.3 is 0 Å². The highest BCUT2D eigenvalue weighted by molar-refractivity contribution is 7.99. The van der Waals surface area contributed by atoms with Crippen molar-refractivity contribution in [3.05, 3.63) is 89.2 Å². The standard InChI is InChI=1S/C23H17N5O4S/c1-2-13-33-23-25-22-20(26-27-23)14-7-3-5-9-16(14)24-21(32-22)19-12-11-18(31-19)15-8-4-6-10-17(15)28(29)30/h2-12,21,24H,1,13H2/t21-/m1/s1. The van der Waals surface area contributed by atoms with Gasteiger partial charge in [0.1, 0.15) is 5.76 Å². The van der Waals surface area contributed by atoms with E-state index < -0.39 is 11.2 Å². The van der Waals surface area contributed by atoms with Gasteiger partial charge in [-0.2, -0.15) is 4.98 Å². The van der Waals surface area contributed by atoms with Crippen molar-refractivity contribution in [2.75, 3.05) is 11.1 Å². The van der Waals surface area contributed by atoms with Gasteiger partial charge in [-0.1, -0.05) is 48.2 Å². The third-order valence-electron chi connectivity index (χ3n) is 4.92. The Morgan fingerprint density at radius 2 is 1.88 bits per heavy atom. The SMILES string of the molecule is C=CCSc1nnc2c(n1)O[C@H](c1ccc(-c3ccccc3[N+](=O)[O-])o1)Nc1ccccc1-2. The van der Waals surface area contributed by atoms with Gasteiger partial charge in [-0.05, 0) is 24.3 Å². The molecule has 0 unspecified atom stereocenters. The molecule has 33 heavy (non-hydrogen) atoms. The maximum atomic E-state index is 11.4. The zero-order chi connectivity index (χ0) is 22.8. The maximum Gasteiger partial charge on any atom is 0.280 e. The molecule has 1 aliphatic rings. The third kappa shape index (κ3) is 4.03. The molecule has 0 bridgehead atoms. The number of fused-ring (bicyclic) bond motifs is 3. The smallest absolute Gasteiger partial charge is 0.280 e. The van der Waals surface area contributed by atoms with Crippen LogP contribution in [0.5, 0.6) is 5.88 Å². The topological polar surface area (TPSA) is 116 Å². The van der Waals surface area contributed by atoms with E-state index in [1.165, 1.54) is 17.8 Å². The number of furan rings is 1. The second-order valence-corrected chi connectivity index (χ2v) is 8.00. The summed E-state index contributed by atoms with van der Waals surface area (Å²) in [5, 5.41) is 23.7.